The first-order valence-electron chi connectivity index (χ1n) is 6.90. The third-order valence-corrected chi connectivity index (χ3v) is 3.53. The van der Waals surface area contributed by atoms with E-state index in [0.29, 0.717) is 11.6 Å². The van der Waals surface area contributed by atoms with Crippen molar-refractivity contribution in [3.63, 3.8) is 0 Å². The van der Waals surface area contributed by atoms with Crippen LogP contribution in [-0.2, 0) is 0 Å². The number of fused-ring (bicyclic) bond motifs is 1. The van der Waals surface area contributed by atoms with E-state index >= 15 is 0 Å². The molecule has 0 unspecified atom stereocenters. The van der Waals surface area contributed by atoms with Gasteiger partial charge >= 0.3 is 0 Å². The Hall–Kier alpha value is -2.88. The third-order valence-electron chi connectivity index (χ3n) is 3.53. The van der Waals surface area contributed by atoms with Gasteiger partial charge < -0.3 is 9.84 Å². The number of aromatic hydroxyl groups is 1. The van der Waals surface area contributed by atoms with Crippen molar-refractivity contribution in [1.82, 2.24) is 9.97 Å². The van der Waals surface area contributed by atoms with Crippen LogP contribution in [0.4, 0.5) is 0 Å². The highest BCUT2D eigenvalue weighted by Crippen LogP contribution is 2.32. The fourth-order valence-electron chi connectivity index (χ4n) is 2.44. The normalized spacial score (nSPS) is 10.6. The maximum atomic E-state index is 9.96. The van der Waals surface area contributed by atoms with Crippen molar-refractivity contribution in [3.8, 4) is 11.5 Å². The van der Waals surface area contributed by atoms with Gasteiger partial charge in [-0.05, 0) is 30.7 Å². The largest absolute Gasteiger partial charge is 0.504 e. The molecule has 0 atom stereocenters. The summed E-state index contributed by atoms with van der Waals surface area (Å²) in [4.78, 5) is 8.96. The maximum Gasteiger partial charge on any atom is 0.160 e. The van der Waals surface area contributed by atoms with Crippen molar-refractivity contribution in [3.05, 3.63) is 66.1 Å². The lowest BCUT2D eigenvalue weighted by Gasteiger charge is -2.11. The van der Waals surface area contributed by atoms with E-state index in [9.17, 15) is 5.11 Å². The van der Waals surface area contributed by atoms with E-state index in [4.69, 9.17) is 4.74 Å². The van der Waals surface area contributed by atoms with Gasteiger partial charge in [-0.3, -0.25) is 0 Å². The summed E-state index contributed by atoms with van der Waals surface area (Å²) in [5.41, 5.74) is 3.18. The molecular formula is C18H16N2O2. The molecule has 0 saturated heterocycles. The summed E-state index contributed by atoms with van der Waals surface area (Å²) in [6, 6.07) is 13.0. The molecule has 1 heterocycles. The predicted molar refractivity (Wildman–Crippen MR) is 87.1 cm³/mol. The fraction of sp³-hybridized carbons (Fsp3) is 0.111. The molecule has 0 bridgehead atoms. The van der Waals surface area contributed by atoms with Crippen LogP contribution in [0.15, 0.2) is 49.0 Å². The molecule has 0 spiro atoms. The standard InChI is InChI=1S/C18H16N2O2/c1-11(13-8-9-17(22-3)16(21)10-13)18-14-6-4-5-7-15(14)19-12(2)20-18/h4-10,21H,1H2,2-3H3. The maximum absolute atomic E-state index is 9.96. The van der Waals surface area contributed by atoms with Crippen LogP contribution in [0.1, 0.15) is 17.1 Å². The van der Waals surface area contributed by atoms with E-state index in [-0.39, 0.29) is 5.75 Å². The summed E-state index contributed by atoms with van der Waals surface area (Å²) in [7, 11) is 1.52. The zero-order valence-electron chi connectivity index (χ0n) is 12.5. The molecule has 0 saturated carbocycles. The summed E-state index contributed by atoms with van der Waals surface area (Å²) in [6.07, 6.45) is 0. The molecule has 4 nitrogen and oxygen atoms in total. The van der Waals surface area contributed by atoms with Crippen molar-refractivity contribution in [2.45, 2.75) is 6.92 Å². The van der Waals surface area contributed by atoms with Gasteiger partial charge in [0, 0.05) is 11.0 Å². The highest BCUT2D eigenvalue weighted by molar-refractivity contribution is 5.93. The summed E-state index contributed by atoms with van der Waals surface area (Å²) >= 11 is 0. The molecular weight excluding hydrogens is 276 g/mol. The van der Waals surface area contributed by atoms with Gasteiger partial charge in [0.2, 0.25) is 0 Å². The van der Waals surface area contributed by atoms with Crippen LogP contribution in [0.3, 0.4) is 0 Å². The first-order valence-corrected chi connectivity index (χ1v) is 6.90. The van der Waals surface area contributed by atoms with E-state index < -0.39 is 0 Å². The molecule has 1 N–H and O–H groups in total. The average molecular weight is 292 g/mol. The van der Waals surface area contributed by atoms with Crippen LogP contribution in [0.25, 0.3) is 16.5 Å². The molecule has 0 aliphatic carbocycles. The Morgan fingerprint density at radius 3 is 2.64 bits per heavy atom. The Bertz CT molecular complexity index is 872. The number of rotatable bonds is 3. The number of para-hydroxylation sites is 1. The van der Waals surface area contributed by atoms with Crippen molar-refractivity contribution in [1.29, 1.82) is 0 Å². The minimum Gasteiger partial charge on any atom is -0.504 e. The Morgan fingerprint density at radius 1 is 1.14 bits per heavy atom. The second-order valence-electron chi connectivity index (χ2n) is 5.00. The molecule has 0 amide bonds. The lowest BCUT2D eigenvalue weighted by Crippen LogP contribution is -1.98. The van der Waals surface area contributed by atoms with Gasteiger partial charge in [-0.15, -0.1) is 0 Å². The highest BCUT2D eigenvalue weighted by Gasteiger charge is 2.12. The number of aryl methyl sites for hydroxylation is 1. The molecule has 0 aliphatic rings. The van der Waals surface area contributed by atoms with E-state index in [2.05, 4.69) is 16.5 Å². The highest BCUT2D eigenvalue weighted by atomic mass is 16.5. The number of methoxy groups -OCH3 is 1. The van der Waals surface area contributed by atoms with Crippen LogP contribution in [0.2, 0.25) is 0 Å². The SMILES string of the molecule is C=C(c1ccc(OC)c(O)c1)c1nc(C)nc2ccccc12. The van der Waals surface area contributed by atoms with Crippen LogP contribution in [-0.4, -0.2) is 22.2 Å². The van der Waals surface area contributed by atoms with Crippen LogP contribution in [0, 0.1) is 6.92 Å². The number of phenolic OH excluding ortho intramolecular Hbond substituents is 1. The monoisotopic (exact) mass is 292 g/mol. The average Bonchev–Trinajstić information content (AvgIpc) is 2.53. The molecule has 22 heavy (non-hydrogen) atoms. The first-order chi connectivity index (χ1) is 10.6. The number of aromatic nitrogens is 2. The van der Waals surface area contributed by atoms with E-state index in [1.54, 1.807) is 12.1 Å². The second-order valence-corrected chi connectivity index (χ2v) is 5.00. The number of nitrogens with zero attached hydrogens (tertiary/aromatic N) is 2. The van der Waals surface area contributed by atoms with E-state index in [0.717, 1.165) is 27.7 Å². The molecule has 3 rings (SSSR count). The molecule has 0 aliphatic heterocycles. The minimum atomic E-state index is 0.0798. The van der Waals surface area contributed by atoms with Gasteiger partial charge in [0.25, 0.3) is 0 Å². The van der Waals surface area contributed by atoms with Gasteiger partial charge in [-0.2, -0.15) is 0 Å². The fourth-order valence-corrected chi connectivity index (χ4v) is 2.44. The van der Waals surface area contributed by atoms with Crippen molar-refractivity contribution in [2.75, 3.05) is 7.11 Å². The van der Waals surface area contributed by atoms with E-state index in [1.165, 1.54) is 7.11 Å². The molecule has 2 aromatic carbocycles. The van der Waals surface area contributed by atoms with Gasteiger partial charge in [-0.1, -0.05) is 30.8 Å². The Balaban J connectivity index is 2.15. The van der Waals surface area contributed by atoms with Gasteiger partial charge in [-0.25, -0.2) is 9.97 Å². The predicted octanol–water partition coefficient (Wildman–Crippen LogP) is 3.71. The van der Waals surface area contributed by atoms with Crippen LogP contribution >= 0.6 is 0 Å². The summed E-state index contributed by atoms with van der Waals surface area (Å²) in [5, 5.41) is 10.9. The first kappa shape index (κ1) is 14.1. The number of hydrogen-bond donors (Lipinski definition) is 1. The molecule has 0 fully saturated rings. The number of benzene rings is 2. The van der Waals surface area contributed by atoms with Crippen LogP contribution in [0.5, 0.6) is 11.5 Å². The zero-order valence-corrected chi connectivity index (χ0v) is 12.5. The van der Waals surface area contributed by atoms with Crippen molar-refractivity contribution < 1.29 is 9.84 Å². The number of ether oxygens (including phenoxy) is 1. The lowest BCUT2D eigenvalue weighted by molar-refractivity contribution is 0.373. The smallest absolute Gasteiger partial charge is 0.160 e. The Labute approximate surface area is 128 Å². The molecule has 4 heteroatoms. The summed E-state index contributed by atoms with van der Waals surface area (Å²) in [6.45, 7) is 6.00. The number of phenols is 1. The third kappa shape index (κ3) is 2.39. The quantitative estimate of drug-likeness (QED) is 0.799. The van der Waals surface area contributed by atoms with Gasteiger partial charge in [0.1, 0.15) is 5.82 Å². The second kappa shape index (κ2) is 5.48. The van der Waals surface area contributed by atoms with Crippen molar-refractivity contribution >= 4 is 16.5 Å². The van der Waals surface area contributed by atoms with Crippen LogP contribution < -0.4 is 4.74 Å². The Kier molecular flexibility index (Phi) is 3.51. The van der Waals surface area contributed by atoms with Gasteiger partial charge in [0.05, 0.1) is 18.3 Å². The minimum absolute atomic E-state index is 0.0798. The summed E-state index contributed by atoms with van der Waals surface area (Å²) in [5.74, 6) is 1.20. The summed E-state index contributed by atoms with van der Waals surface area (Å²) < 4.78 is 5.07. The molecule has 0 radical (unpaired) electrons. The zero-order chi connectivity index (χ0) is 15.7. The topological polar surface area (TPSA) is 55.2 Å². The molecule has 3 aromatic rings. The number of hydrogen-bond acceptors (Lipinski definition) is 4. The van der Waals surface area contributed by atoms with Gasteiger partial charge in [0.15, 0.2) is 11.5 Å². The Morgan fingerprint density at radius 2 is 1.91 bits per heavy atom. The molecule has 110 valence electrons. The van der Waals surface area contributed by atoms with Crippen molar-refractivity contribution in [2.24, 2.45) is 0 Å². The lowest BCUT2D eigenvalue weighted by atomic mass is 10.0. The molecule has 1 aromatic heterocycles. The van der Waals surface area contributed by atoms with E-state index in [1.807, 2.05) is 37.3 Å².